The summed E-state index contributed by atoms with van der Waals surface area (Å²) in [5, 5.41) is 0. The average molecular weight is 479 g/mol. The topological polar surface area (TPSA) is 0 Å². The van der Waals surface area contributed by atoms with E-state index in [4.69, 9.17) is 0 Å². The van der Waals surface area contributed by atoms with Gasteiger partial charge >= 0.3 is 0 Å². The van der Waals surface area contributed by atoms with Crippen LogP contribution in [0.15, 0.2) is 72.4 Å². The molecule has 35 heavy (non-hydrogen) atoms. The van der Waals surface area contributed by atoms with E-state index in [0.717, 1.165) is 12.3 Å². The van der Waals surface area contributed by atoms with Crippen LogP contribution in [-0.4, -0.2) is 0 Å². The molecule has 2 aliphatic carbocycles. The predicted molar refractivity (Wildman–Crippen MR) is 161 cm³/mol. The maximum absolute atomic E-state index is 4.42. The number of unbranched alkanes of at least 4 members (excludes halogenated alkanes) is 1. The first-order valence-corrected chi connectivity index (χ1v) is 14.6. The normalized spacial score (nSPS) is 24.2. The van der Waals surface area contributed by atoms with E-state index in [9.17, 15) is 0 Å². The van der Waals surface area contributed by atoms with Crippen molar-refractivity contribution in [3.05, 3.63) is 72.4 Å². The van der Waals surface area contributed by atoms with Gasteiger partial charge in [-0.15, -0.1) is 6.58 Å². The van der Waals surface area contributed by atoms with Gasteiger partial charge in [0.1, 0.15) is 0 Å². The fraction of sp³-hybridized carbons (Fsp3) is 0.657. The molecule has 0 aliphatic heterocycles. The summed E-state index contributed by atoms with van der Waals surface area (Å²) in [6, 6.07) is 0. The molecule has 0 heterocycles. The molecule has 0 aromatic heterocycles. The van der Waals surface area contributed by atoms with Crippen LogP contribution >= 0.6 is 0 Å². The molecule has 0 N–H and O–H groups in total. The molecule has 0 aromatic carbocycles. The second kappa shape index (κ2) is 14.9. The SMILES string of the molecule is C=CC1(C(=C)/C=C/CC(C)CCC(C)(C)/C(=C/C=C2/CC(C)CC(C)C2=C)CCCC)CC1.CC. The summed E-state index contributed by atoms with van der Waals surface area (Å²) in [5.41, 5.74) is 6.17. The zero-order chi connectivity index (χ0) is 26.6. The minimum absolute atomic E-state index is 0.217. The Kier molecular flexibility index (Phi) is 13.4. The van der Waals surface area contributed by atoms with Crippen molar-refractivity contribution in [2.24, 2.45) is 28.6 Å². The first-order chi connectivity index (χ1) is 16.5. The molecule has 3 unspecified atom stereocenters. The summed E-state index contributed by atoms with van der Waals surface area (Å²) in [5.74, 6) is 2.08. The minimum Gasteiger partial charge on any atom is -0.102 e. The molecule has 3 atom stereocenters. The van der Waals surface area contributed by atoms with Crippen LogP contribution in [0.4, 0.5) is 0 Å². The van der Waals surface area contributed by atoms with Crippen molar-refractivity contribution >= 4 is 0 Å². The van der Waals surface area contributed by atoms with E-state index >= 15 is 0 Å². The Labute approximate surface area is 220 Å². The molecular weight excluding hydrogens is 420 g/mol. The van der Waals surface area contributed by atoms with Gasteiger partial charge in [0.25, 0.3) is 0 Å². The van der Waals surface area contributed by atoms with Gasteiger partial charge in [0.05, 0.1) is 0 Å². The molecule has 2 saturated carbocycles. The Morgan fingerprint density at radius 2 is 1.86 bits per heavy atom. The zero-order valence-corrected chi connectivity index (χ0v) is 24.8. The summed E-state index contributed by atoms with van der Waals surface area (Å²) < 4.78 is 0. The summed E-state index contributed by atoms with van der Waals surface area (Å²) >= 11 is 0. The third kappa shape index (κ3) is 9.78. The zero-order valence-electron chi connectivity index (χ0n) is 24.8. The summed E-state index contributed by atoms with van der Waals surface area (Å²) in [6.45, 7) is 31.1. The standard InChI is InChI=1S/C33H52.C2H6/c1-10-12-16-31(18-17-30-24-26(4)23-27(5)29(30)7)32(8,9)20-19-25(3)14-13-15-28(6)33(11-2)21-22-33;1-2/h11,13,15,17-18,25-27H,2,6-7,10,12,14,16,19-24H2,1,3-5,8-9H3;1-2H3/b15-13+,30-17-,31-18+;. The van der Waals surface area contributed by atoms with Gasteiger partial charge in [0, 0.05) is 5.41 Å². The number of hydrogen-bond donors (Lipinski definition) is 0. The molecule has 0 nitrogen and oxygen atoms in total. The van der Waals surface area contributed by atoms with Gasteiger partial charge in [-0.05, 0) is 97.7 Å². The Bertz CT molecular complexity index is 777. The fourth-order valence-corrected chi connectivity index (χ4v) is 5.33. The smallest absolute Gasteiger partial charge is 0.0124 e. The summed E-state index contributed by atoms with van der Waals surface area (Å²) in [7, 11) is 0. The highest BCUT2D eigenvalue weighted by Gasteiger charge is 2.40. The third-order valence-electron chi connectivity index (χ3n) is 8.42. The van der Waals surface area contributed by atoms with Crippen molar-refractivity contribution in [3.8, 4) is 0 Å². The van der Waals surface area contributed by atoms with Crippen LogP contribution in [0, 0.1) is 28.6 Å². The van der Waals surface area contributed by atoms with Crippen LogP contribution in [0.3, 0.4) is 0 Å². The summed E-state index contributed by atoms with van der Waals surface area (Å²) in [6.07, 6.45) is 23.9. The van der Waals surface area contributed by atoms with Crippen LogP contribution in [0.2, 0.25) is 0 Å². The molecule has 0 bridgehead atoms. The second-order valence-corrected chi connectivity index (χ2v) is 12.0. The van der Waals surface area contributed by atoms with Crippen molar-refractivity contribution < 1.29 is 0 Å². The number of allylic oxidation sites excluding steroid dienone is 9. The van der Waals surface area contributed by atoms with E-state index in [-0.39, 0.29) is 10.8 Å². The largest absolute Gasteiger partial charge is 0.102 e. The van der Waals surface area contributed by atoms with Crippen LogP contribution < -0.4 is 0 Å². The third-order valence-corrected chi connectivity index (χ3v) is 8.42. The number of rotatable bonds is 13. The van der Waals surface area contributed by atoms with Gasteiger partial charge in [-0.25, -0.2) is 0 Å². The maximum atomic E-state index is 4.42. The van der Waals surface area contributed by atoms with Gasteiger partial charge in [0.15, 0.2) is 0 Å². The molecule has 2 aliphatic rings. The van der Waals surface area contributed by atoms with E-state index in [0.29, 0.717) is 11.8 Å². The predicted octanol–water partition coefficient (Wildman–Crippen LogP) is 11.6. The Morgan fingerprint density at radius 3 is 2.43 bits per heavy atom. The van der Waals surface area contributed by atoms with Crippen molar-refractivity contribution in [2.75, 3.05) is 0 Å². The van der Waals surface area contributed by atoms with Crippen molar-refractivity contribution in [1.29, 1.82) is 0 Å². The van der Waals surface area contributed by atoms with Crippen LogP contribution in [0.25, 0.3) is 0 Å². The molecule has 198 valence electrons. The van der Waals surface area contributed by atoms with Crippen LogP contribution in [-0.2, 0) is 0 Å². The van der Waals surface area contributed by atoms with E-state index in [1.807, 2.05) is 13.8 Å². The van der Waals surface area contributed by atoms with Gasteiger partial charge in [-0.2, -0.15) is 0 Å². The molecular formula is C35H58. The minimum atomic E-state index is 0.217. The molecule has 0 spiro atoms. The Hall–Kier alpha value is -1.56. The highest BCUT2D eigenvalue weighted by molar-refractivity contribution is 5.37. The fourth-order valence-electron chi connectivity index (χ4n) is 5.33. The highest BCUT2D eigenvalue weighted by atomic mass is 14.4. The van der Waals surface area contributed by atoms with Gasteiger partial charge < -0.3 is 0 Å². The van der Waals surface area contributed by atoms with Crippen molar-refractivity contribution in [2.45, 2.75) is 120 Å². The highest BCUT2D eigenvalue weighted by Crippen LogP contribution is 2.52. The molecule has 0 heteroatoms. The summed E-state index contributed by atoms with van der Waals surface area (Å²) in [4.78, 5) is 0. The van der Waals surface area contributed by atoms with E-state index in [1.165, 1.54) is 74.5 Å². The molecule has 0 amide bonds. The van der Waals surface area contributed by atoms with Gasteiger partial charge in [-0.1, -0.05) is 111 Å². The van der Waals surface area contributed by atoms with E-state index < -0.39 is 0 Å². The molecule has 0 aromatic rings. The maximum Gasteiger partial charge on any atom is 0.0124 e. The quantitative estimate of drug-likeness (QED) is 0.182. The number of hydrogen-bond acceptors (Lipinski definition) is 0. The molecule has 0 radical (unpaired) electrons. The van der Waals surface area contributed by atoms with E-state index in [1.54, 1.807) is 5.57 Å². The first-order valence-electron chi connectivity index (χ1n) is 14.6. The molecule has 2 rings (SSSR count). The lowest BCUT2D eigenvalue weighted by Crippen LogP contribution is -2.17. The second-order valence-electron chi connectivity index (χ2n) is 12.0. The van der Waals surface area contributed by atoms with Crippen molar-refractivity contribution in [1.82, 2.24) is 0 Å². The Morgan fingerprint density at radius 1 is 1.20 bits per heavy atom. The Balaban J connectivity index is 0.00000298. The average Bonchev–Trinajstić information content (AvgIpc) is 3.63. The monoisotopic (exact) mass is 478 g/mol. The lowest BCUT2D eigenvalue weighted by atomic mass is 9.74. The lowest BCUT2D eigenvalue weighted by Gasteiger charge is -2.31. The lowest BCUT2D eigenvalue weighted by molar-refractivity contribution is 0.343. The van der Waals surface area contributed by atoms with Crippen LogP contribution in [0.1, 0.15) is 120 Å². The molecule has 2 fully saturated rings. The molecule has 0 saturated heterocycles. The van der Waals surface area contributed by atoms with E-state index in [2.05, 4.69) is 91.7 Å². The van der Waals surface area contributed by atoms with Crippen LogP contribution in [0.5, 0.6) is 0 Å². The first kappa shape index (κ1) is 31.5. The van der Waals surface area contributed by atoms with Crippen molar-refractivity contribution in [3.63, 3.8) is 0 Å². The van der Waals surface area contributed by atoms with Gasteiger partial charge in [-0.3, -0.25) is 0 Å². The van der Waals surface area contributed by atoms with Gasteiger partial charge in [0.2, 0.25) is 0 Å².